The molecule has 1 aliphatic rings. The van der Waals surface area contributed by atoms with Gasteiger partial charge in [-0.3, -0.25) is 14.2 Å². The van der Waals surface area contributed by atoms with Gasteiger partial charge in [-0.2, -0.15) is 0 Å². The highest BCUT2D eigenvalue weighted by Crippen LogP contribution is 2.43. The van der Waals surface area contributed by atoms with Crippen molar-refractivity contribution in [2.24, 2.45) is 0 Å². The third-order valence-corrected chi connectivity index (χ3v) is 7.94. The third-order valence-electron chi connectivity index (χ3n) is 6.31. The molecule has 0 bridgehead atoms. The molecule has 1 N–H and O–H groups in total. The van der Waals surface area contributed by atoms with Gasteiger partial charge < -0.3 is 5.32 Å². The summed E-state index contributed by atoms with van der Waals surface area (Å²) in [6.45, 7) is 4.27. The van der Waals surface area contributed by atoms with Crippen LogP contribution in [0.1, 0.15) is 31.4 Å². The number of para-hydroxylation sites is 1. The van der Waals surface area contributed by atoms with Gasteiger partial charge in [0.2, 0.25) is 5.91 Å². The Morgan fingerprint density at radius 2 is 1.94 bits per heavy atom. The molecule has 0 saturated carbocycles. The SMILES string of the molecule is CCC1(C)Cc2ccccc2-c2nc(SCC(=O)Nc3nccs3)n(-c3ccccc3)c(=O)c21. The fraction of sp³-hybridized carbons (Fsp3) is 0.231. The van der Waals surface area contributed by atoms with Gasteiger partial charge in [0.15, 0.2) is 10.3 Å². The molecule has 8 heteroatoms. The average molecular weight is 489 g/mol. The monoisotopic (exact) mass is 488 g/mol. The minimum Gasteiger partial charge on any atom is -0.301 e. The van der Waals surface area contributed by atoms with Crippen LogP contribution in [0.25, 0.3) is 16.9 Å². The van der Waals surface area contributed by atoms with Gasteiger partial charge >= 0.3 is 0 Å². The van der Waals surface area contributed by atoms with Crippen molar-refractivity contribution in [2.75, 3.05) is 11.1 Å². The van der Waals surface area contributed by atoms with Crippen molar-refractivity contribution >= 4 is 34.1 Å². The number of fused-ring (bicyclic) bond motifs is 3. The molecule has 1 atom stereocenters. The van der Waals surface area contributed by atoms with Crippen molar-refractivity contribution in [1.29, 1.82) is 0 Å². The van der Waals surface area contributed by atoms with Crippen molar-refractivity contribution in [3.8, 4) is 16.9 Å². The van der Waals surface area contributed by atoms with E-state index in [0.29, 0.717) is 10.3 Å². The van der Waals surface area contributed by atoms with Gasteiger partial charge in [-0.15, -0.1) is 11.3 Å². The lowest BCUT2D eigenvalue weighted by Gasteiger charge is -2.35. The number of aromatic nitrogens is 3. The van der Waals surface area contributed by atoms with Crippen molar-refractivity contribution in [3.05, 3.63) is 87.7 Å². The molecule has 0 saturated heterocycles. The summed E-state index contributed by atoms with van der Waals surface area (Å²) in [4.78, 5) is 35.8. The lowest BCUT2D eigenvalue weighted by atomic mass is 9.69. The first-order valence-corrected chi connectivity index (χ1v) is 13.0. The smallest absolute Gasteiger partial charge is 0.263 e. The van der Waals surface area contributed by atoms with Crippen LogP contribution in [0, 0.1) is 0 Å². The summed E-state index contributed by atoms with van der Waals surface area (Å²) < 4.78 is 1.65. The minimum atomic E-state index is -0.324. The van der Waals surface area contributed by atoms with Crippen molar-refractivity contribution in [2.45, 2.75) is 37.3 Å². The number of benzene rings is 2. The van der Waals surface area contributed by atoms with Gasteiger partial charge in [0, 0.05) is 22.6 Å². The zero-order chi connectivity index (χ0) is 23.7. The first-order valence-electron chi connectivity index (χ1n) is 11.1. The van der Waals surface area contributed by atoms with Crippen LogP contribution in [0.2, 0.25) is 0 Å². The first kappa shape index (κ1) is 22.6. The zero-order valence-corrected chi connectivity index (χ0v) is 20.6. The number of hydrogen-bond acceptors (Lipinski definition) is 6. The summed E-state index contributed by atoms with van der Waals surface area (Å²) in [5.41, 5.74) is 4.01. The molecule has 6 nitrogen and oxygen atoms in total. The third kappa shape index (κ3) is 4.08. The van der Waals surface area contributed by atoms with E-state index in [-0.39, 0.29) is 22.6 Å². The highest BCUT2D eigenvalue weighted by molar-refractivity contribution is 7.99. The maximum Gasteiger partial charge on any atom is 0.263 e. The predicted molar refractivity (Wildman–Crippen MR) is 138 cm³/mol. The van der Waals surface area contributed by atoms with E-state index >= 15 is 0 Å². The van der Waals surface area contributed by atoms with Crippen LogP contribution in [0.5, 0.6) is 0 Å². The molecule has 1 aliphatic carbocycles. The fourth-order valence-electron chi connectivity index (χ4n) is 4.43. The predicted octanol–water partition coefficient (Wildman–Crippen LogP) is 5.31. The van der Waals surface area contributed by atoms with Crippen LogP contribution in [-0.2, 0) is 16.6 Å². The molecule has 0 radical (unpaired) electrons. The molecule has 2 heterocycles. The maximum absolute atomic E-state index is 14.1. The van der Waals surface area contributed by atoms with Crippen LogP contribution in [-0.4, -0.2) is 26.2 Å². The number of amides is 1. The quantitative estimate of drug-likeness (QED) is 0.294. The van der Waals surface area contributed by atoms with Gasteiger partial charge in [0.1, 0.15) is 0 Å². The molecule has 5 rings (SSSR count). The van der Waals surface area contributed by atoms with E-state index in [9.17, 15) is 9.59 Å². The van der Waals surface area contributed by atoms with Gasteiger partial charge in [0.05, 0.1) is 22.7 Å². The summed E-state index contributed by atoms with van der Waals surface area (Å²) >= 11 is 2.62. The molecule has 1 amide bonds. The molecule has 0 spiro atoms. The fourth-order valence-corrected chi connectivity index (χ4v) is 5.78. The van der Waals surface area contributed by atoms with Crippen molar-refractivity contribution < 1.29 is 4.79 Å². The van der Waals surface area contributed by atoms with E-state index in [0.717, 1.165) is 35.3 Å². The second kappa shape index (κ2) is 9.19. The standard InChI is InChI=1S/C26H24N4O2S2/c1-3-26(2)15-17-9-7-8-12-19(17)22-21(26)23(32)30(18-10-5-4-6-11-18)25(29-22)34-16-20(31)28-24-27-13-14-33-24/h4-14H,3,15-16H2,1-2H3,(H,27,28,31). The highest BCUT2D eigenvalue weighted by Gasteiger charge is 2.38. The summed E-state index contributed by atoms with van der Waals surface area (Å²) in [6.07, 6.45) is 3.26. The van der Waals surface area contributed by atoms with Gasteiger partial charge in [0.25, 0.3) is 5.56 Å². The Morgan fingerprint density at radius 3 is 2.68 bits per heavy atom. The topological polar surface area (TPSA) is 76.9 Å². The van der Waals surface area contributed by atoms with Crippen LogP contribution in [0.4, 0.5) is 5.13 Å². The van der Waals surface area contributed by atoms with E-state index in [2.05, 4.69) is 30.2 Å². The summed E-state index contributed by atoms with van der Waals surface area (Å²) in [5, 5.41) is 5.66. The number of thioether (sulfide) groups is 1. The summed E-state index contributed by atoms with van der Waals surface area (Å²) in [5.74, 6) is -0.0741. The van der Waals surface area contributed by atoms with E-state index in [4.69, 9.17) is 4.98 Å². The minimum absolute atomic E-state index is 0.0714. The number of nitrogens with zero attached hydrogens (tertiary/aromatic N) is 3. The largest absolute Gasteiger partial charge is 0.301 e. The number of nitrogens with one attached hydrogen (secondary N) is 1. The molecule has 2 aromatic heterocycles. The Balaban J connectivity index is 1.64. The number of hydrogen-bond donors (Lipinski definition) is 1. The summed E-state index contributed by atoms with van der Waals surface area (Å²) in [7, 11) is 0. The molecule has 0 fully saturated rings. The lowest BCUT2D eigenvalue weighted by Crippen LogP contribution is -2.39. The second-order valence-corrected chi connectivity index (χ2v) is 10.4. The lowest BCUT2D eigenvalue weighted by molar-refractivity contribution is -0.113. The maximum atomic E-state index is 14.1. The molecular weight excluding hydrogens is 464 g/mol. The molecule has 1 unspecified atom stereocenters. The van der Waals surface area contributed by atoms with Crippen molar-refractivity contribution in [3.63, 3.8) is 0 Å². The number of rotatable bonds is 6. The molecule has 172 valence electrons. The molecule has 4 aromatic rings. The highest BCUT2D eigenvalue weighted by atomic mass is 32.2. The average Bonchev–Trinajstić information content (AvgIpc) is 3.36. The Hall–Kier alpha value is -3.23. The van der Waals surface area contributed by atoms with Crippen LogP contribution in [0.15, 0.2) is 76.1 Å². The Bertz CT molecular complexity index is 1400. The van der Waals surface area contributed by atoms with E-state index in [1.54, 1.807) is 10.8 Å². The second-order valence-electron chi connectivity index (χ2n) is 8.52. The van der Waals surface area contributed by atoms with Crippen molar-refractivity contribution in [1.82, 2.24) is 14.5 Å². The number of thiazole rings is 1. The number of anilines is 1. The number of carbonyl (C=O) groups excluding carboxylic acids is 1. The van der Waals surface area contributed by atoms with Crippen LogP contribution in [0.3, 0.4) is 0 Å². The zero-order valence-electron chi connectivity index (χ0n) is 18.9. The van der Waals surface area contributed by atoms with E-state index < -0.39 is 0 Å². The molecule has 34 heavy (non-hydrogen) atoms. The van der Waals surface area contributed by atoms with Gasteiger partial charge in [-0.25, -0.2) is 9.97 Å². The normalized spacial score (nSPS) is 16.5. The first-order chi connectivity index (χ1) is 16.5. The van der Waals surface area contributed by atoms with Gasteiger partial charge in [-0.1, -0.05) is 68.1 Å². The Labute approximate surface area is 206 Å². The molecule has 2 aromatic carbocycles. The van der Waals surface area contributed by atoms with Gasteiger partial charge in [-0.05, 0) is 30.5 Å². The molecule has 0 aliphatic heterocycles. The Kier molecular flexibility index (Phi) is 6.10. The number of carbonyl (C=O) groups is 1. The van der Waals surface area contributed by atoms with Crippen LogP contribution < -0.4 is 10.9 Å². The van der Waals surface area contributed by atoms with E-state index in [1.165, 1.54) is 28.7 Å². The summed E-state index contributed by atoms with van der Waals surface area (Å²) in [6, 6.07) is 17.7. The van der Waals surface area contributed by atoms with E-state index in [1.807, 2.05) is 53.9 Å². The Morgan fingerprint density at radius 1 is 1.18 bits per heavy atom. The molecular formula is C26H24N4O2S2. The van der Waals surface area contributed by atoms with Crippen LogP contribution >= 0.6 is 23.1 Å².